The Kier molecular flexibility index (Phi) is 5.03. The smallest absolute Gasteiger partial charge is 0.263 e. The van der Waals surface area contributed by atoms with E-state index in [1.54, 1.807) is 25.4 Å². The number of nitrogens with zero attached hydrogens (tertiary/aromatic N) is 2. The van der Waals surface area contributed by atoms with Crippen LogP contribution in [0.5, 0.6) is 0 Å². The van der Waals surface area contributed by atoms with Crippen LogP contribution >= 0.6 is 22.7 Å². The molecular weight excluding hydrogens is 358 g/mol. The first-order valence-corrected chi connectivity index (χ1v) is 9.52. The van der Waals surface area contributed by atoms with Gasteiger partial charge in [0.25, 0.3) is 5.56 Å². The molecule has 3 aromatic heterocycles. The van der Waals surface area contributed by atoms with Crippen molar-refractivity contribution < 1.29 is 9.53 Å². The first-order valence-electron chi connectivity index (χ1n) is 7.82. The Balaban J connectivity index is 2.34. The van der Waals surface area contributed by atoms with Gasteiger partial charge >= 0.3 is 0 Å². The van der Waals surface area contributed by atoms with E-state index in [4.69, 9.17) is 10.5 Å². The molecule has 0 fully saturated rings. The van der Waals surface area contributed by atoms with Gasteiger partial charge in [-0.05, 0) is 25.3 Å². The summed E-state index contributed by atoms with van der Waals surface area (Å²) in [6.45, 7) is 4.01. The van der Waals surface area contributed by atoms with Crippen LogP contribution in [0.1, 0.15) is 23.7 Å². The van der Waals surface area contributed by atoms with Crippen molar-refractivity contribution in [1.82, 2.24) is 9.55 Å². The van der Waals surface area contributed by atoms with Crippen molar-refractivity contribution in [2.75, 3.05) is 13.7 Å². The Morgan fingerprint density at radius 3 is 2.84 bits per heavy atom. The van der Waals surface area contributed by atoms with E-state index in [1.165, 1.54) is 15.9 Å². The first-order chi connectivity index (χ1) is 12.0. The monoisotopic (exact) mass is 377 g/mol. The van der Waals surface area contributed by atoms with Gasteiger partial charge in [-0.2, -0.15) is 0 Å². The van der Waals surface area contributed by atoms with Gasteiger partial charge in [-0.1, -0.05) is 6.07 Å². The van der Waals surface area contributed by atoms with Crippen molar-refractivity contribution in [2.24, 2.45) is 5.73 Å². The molecule has 6 nitrogen and oxygen atoms in total. The average molecular weight is 377 g/mol. The molecule has 3 heterocycles. The van der Waals surface area contributed by atoms with Crippen LogP contribution in [-0.2, 0) is 16.0 Å². The zero-order chi connectivity index (χ0) is 18.1. The predicted octanol–water partition coefficient (Wildman–Crippen LogP) is 2.73. The summed E-state index contributed by atoms with van der Waals surface area (Å²) in [6, 6.07) is 3.17. The maximum atomic E-state index is 13.3. The molecule has 3 aromatic rings. The second kappa shape index (κ2) is 7.07. The van der Waals surface area contributed by atoms with Crippen molar-refractivity contribution in [3.63, 3.8) is 0 Å². The number of hydrogen-bond acceptors (Lipinski definition) is 6. The molecular formula is C17H19N3O3S2. The van der Waals surface area contributed by atoms with Gasteiger partial charge in [0, 0.05) is 28.8 Å². The second-order valence-corrected chi connectivity index (χ2v) is 7.87. The van der Waals surface area contributed by atoms with Gasteiger partial charge in [-0.25, -0.2) is 4.98 Å². The number of methoxy groups -OCH3 is 1. The van der Waals surface area contributed by atoms with Crippen LogP contribution < -0.4 is 11.3 Å². The lowest BCUT2D eigenvalue weighted by atomic mass is 10.1. The van der Waals surface area contributed by atoms with Crippen LogP contribution in [0.25, 0.3) is 20.7 Å². The summed E-state index contributed by atoms with van der Waals surface area (Å²) in [5.74, 6) is -0.0452. The minimum Gasteiger partial charge on any atom is -0.384 e. The highest BCUT2D eigenvalue weighted by Gasteiger charge is 2.24. The molecule has 0 aliphatic carbocycles. The van der Waals surface area contributed by atoms with Crippen LogP contribution in [0.4, 0.5) is 0 Å². The number of aromatic nitrogens is 2. The van der Waals surface area contributed by atoms with Crippen LogP contribution in [0.15, 0.2) is 22.3 Å². The quantitative estimate of drug-likeness (QED) is 0.715. The number of ether oxygens (including phenoxy) is 1. The normalized spacial score (nSPS) is 12.6. The van der Waals surface area contributed by atoms with Crippen molar-refractivity contribution >= 4 is 38.8 Å². The van der Waals surface area contributed by atoms with Gasteiger partial charge in [0.2, 0.25) is 5.91 Å². The Morgan fingerprint density at radius 1 is 1.48 bits per heavy atom. The van der Waals surface area contributed by atoms with Crippen LogP contribution in [0, 0.1) is 6.92 Å². The molecule has 0 saturated heterocycles. The molecule has 2 N–H and O–H groups in total. The summed E-state index contributed by atoms with van der Waals surface area (Å²) in [4.78, 5) is 32.4. The molecule has 0 bridgehead atoms. The molecule has 0 radical (unpaired) electrons. The summed E-state index contributed by atoms with van der Waals surface area (Å²) in [6.07, 6.45) is 0.435. The van der Waals surface area contributed by atoms with Crippen LogP contribution in [-0.4, -0.2) is 29.2 Å². The molecule has 1 atom stereocenters. The maximum Gasteiger partial charge on any atom is 0.263 e. The maximum absolute atomic E-state index is 13.3. The number of thiophene rings is 2. The average Bonchev–Trinajstić information content (AvgIpc) is 3.19. The highest BCUT2D eigenvalue weighted by atomic mass is 32.1. The Labute approximate surface area is 152 Å². The number of nitrogens with two attached hydrogens (primary N) is 1. The third-order valence-corrected chi connectivity index (χ3v) is 5.99. The highest BCUT2D eigenvalue weighted by Crippen LogP contribution is 2.38. The lowest BCUT2D eigenvalue weighted by Crippen LogP contribution is -2.35. The molecule has 0 saturated carbocycles. The molecule has 0 aliphatic rings. The van der Waals surface area contributed by atoms with Gasteiger partial charge in [0.05, 0.1) is 12.0 Å². The molecule has 8 heteroatoms. The summed E-state index contributed by atoms with van der Waals surface area (Å²) >= 11 is 3.07. The van der Waals surface area contributed by atoms with Crippen molar-refractivity contribution in [3.8, 4) is 10.4 Å². The molecule has 25 heavy (non-hydrogen) atoms. The van der Waals surface area contributed by atoms with E-state index in [1.807, 2.05) is 24.4 Å². The zero-order valence-electron chi connectivity index (χ0n) is 14.2. The minimum absolute atomic E-state index is 0.227. The number of hydrogen-bond donors (Lipinski definition) is 1. The van der Waals surface area contributed by atoms with E-state index >= 15 is 0 Å². The summed E-state index contributed by atoms with van der Waals surface area (Å²) in [5, 5.41) is 2.53. The summed E-state index contributed by atoms with van der Waals surface area (Å²) < 4.78 is 6.52. The van der Waals surface area contributed by atoms with Gasteiger partial charge < -0.3 is 10.5 Å². The molecule has 132 valence electrons. The number of amides is 1. The van der Waals surface area contributed by atoms with Gasteiger partial charge in [0.1, 0.15) is 16.7 Å². The third-order valence-electron chi connectivity index (χ3n) is 4.10. The highest BCUT2D eigenvalue weighted by molar-refractivity contribution is 7.20. The van der Waals surface area contributed by atoms with E-state index in [0.717, 1.165) is 15.3 Å². The van der Waals surface area contributed by atoms with E-state index in [0.29, 0.717) is 29.1 Å². The minimum atomic E-state index is -0.771. The number of primary amides is 1. The van der Waals surface area contributed by atoms with Crippen LogP contribution in [0.2, 0.25) is 0 Å². The lowest BCUT2D eigenvalue weighted by Gasteiger charge is -2.16. The van der Waals surface area contributed by atoms with E-state index in [-0.39, 0.29) is 5.56 Å². The van der Waals surface area contributed by atoms with Gasteiger partial charge in [-0.3, -0.25) is 14.2 Å². The van der Waals surface area contributed by atoms with Gasteiger partial charge in [0.15, 0.2) is 0 Å². The molecule has 3 rings (SSSR count). The topological polar surface area (TPSA) is 87.2 Å². The Morgan fingerprint density at radius 2 is 2.24 bits per heavy atom. The molecule has 1 unspecified atom stereocenters. The standard InChI is InChI=1S/C17H19N3O3S2/c1-9(15(18)21)20-12(6-7-23-3)19-16-14(17(20)22)13(10(2)25-16)11-5-4-8-24-11/h4-5,8-9H,6-7H2,1-3H3,(H2,18,21). The fourth-order valence-corrected chi connectivity index (χ4v) is 4.77. The van der Waals surface area contributed by atoms with Crippen molar-refractivity contribution in [1.29, 1.82) is 0 Å². The fraction of sp³-hybridized carbons (Fsp3) is 0.353. The van der Waals surface area contributed by atoms with Crippen molar-refractivity contribution in [3.05, 3.63) is 38.6 Å². The number of carbonyl (C=O) groups is 1. The molecule has 1 amide bonds. The number of aryl methyl sites for hydroxylation is 1. The zero-order valence-corrected chi connectivity index (χ0v) is 15.9. The number of carbonyl (C=O) groups excluding carboxylic acids is 1. The third kappa shape index (κ3) is 3.12. The molecule has 0 spiro atoms. The second-order valence-electron chi connectivity index (χ2n) is 5.72. The fourth-order valence-electron chi connectivity index (χ4n) is 2.83. The first kappa shape index (κ1) is 17.8. The Hall–Kier alpha value is -2.03. The summed E-state index contributed by atoms with van der Waals surface area (Å²) in [7, 11) is 1.59. The SMILES string of the molecule is COCCc1nc2sc(C)c(-c3cccs3)c2c(=O)n1C(C)C(N)=O. The number of fused-ring (bicyclic) bond motifs is 1. The lowest BCUT2D eigenvalue weighted by molar-refractivity contribution is -0.120. The molecule has 0 aliphatic heterocycles. The van der Waals surface area contributed by atoms with E-state index in [2.05, 4.69) is 4.98 Å². The molecule has 0 aromatic carbocycles. The largest absolute Gasteiger partial charge is 0.384 e. The summed E-state index contributed by atoms with van der Waals surface area (Å²) in [5.41, 5.74) is 6.14. The van der Waals surface area contributed by atoms with Gasteiger partial charge in [-0.15, -0.1) is 22.7 Å². The predicted molar refractivity (Wildman–Crippen MR) is 101 cm³/mol. The number of rotatable bonds is 6. The van der Waals surface area contributed by atoms with Crippen LogP contribution in [0.3, 0.4) is 0 Å². The van der Waals surface area contributed by atoms with Crippen molar-refractivity contribution in [2.45, 2.75) is 26.3 Å². The van der Waals surface area contributed by atoms with E-state index in [9.17, 15) is 9.59 Å². The van der Waals surface area contributed by atoms with E-state index < -0.39 is 11.9 Å². The Bertz CT molecular complexity index is 973.